The summed E-state index contributed by atoms with van der Waals surface area (Å²) in [4.78, 5) is 12.1. The van der Waals surface area contributed by atoms with Crippen molar-refractivity contribution in [1.29, 1.82) is 0 Å². The molecule has 1 amide bonds. The van der Waals surface area contributed by atoms with Crippen molar-refractivity contribution in [3.05, 3.63) is 57.8 Å². The molecule has 0 bridgehead atoms. The number of nitrogen functional groups attached to an aromatic ring is 1. The molecule has 0 saturated carbocycles. The molecule has 0 heterocycles. The molecule has 0 unspecified atom stereocenters. The molecule has 3 nitrogen and oxygen atoms in total. The van der Waals surface area contributed by atoms with E-state index >= 15 is 0 Å². The number of amides is 1. The van der Waals surface area contributed by atoms with Gasteiger partial charge < -0.3 is 11.1 Å². The number of hydrogen-bond acceptors (Lipinski definition) is 2. The van der Waals surface area contributed by atoms with E-state index in [1.807, 2.05) is 13.0 Å². The van der Waals surface area contributed by atoms with Crippen molar-refractivity contribution in [3.63, 3.8) is 0 Å². The summed E-state index contributed by atoms with van der Waals surface area (Å²) in [6, 6.07) is 9.22. The molecular formula is C14H12BrFN2O. The van der Waals surface area contributed by atoms with Crippen LogP contribution in [0.2, 0.25) is 0 Å². The van der Waals surface area contributed by atoms with Gasteiger partial charge in [0.05, 0.1) is 11.4 Å². The number of carbonyl (C=O) groups excluding carboxylic acids is 1. The Balaban J connectivity index is 2.25. The number of benzene rings is 2. The van der Waals surface area contributed by atoms with E-state index in [1.165, 1.54) is 18.2 Å². The standard InChI is InChI=1S/C14H12BrFN2O/c1-8-6-9(15)2-4-11(8)14(19)18-13-5-3-10(16)7-12(13)17/h2-7H,17H2,1H3,(H,18,19). The van der Waals surface area contributed by atoms with Crippen molar-refractivity contribution in [3.8, 4) is 0 Å². The maximum Gasteiger partial charge on any atom is 0.255 e. The summed E-state index contributed by atoms with van der Waals surface area (Å²) in [6.45, 7) is 1.84. The van der Waals surface area contributed by atoms with Gasteiger partial charge >= 0.3 is 0 Å². The van der Waals surface area contributed by atoms with E-state index in [0.29, 0.717) is 11.3 Å². The lowest BCUT2D eigenvalue weighted by Crippen LogP contribution is -2.14. The summed E-state index contributed by atoms with van der Waals surface area (Å²) in [7, 11) is 0. The summed E-state index contributed by atoms with van der Waals surface area (Å²) in [5.41, 5.74) is 7.63. The molecule has 0 spiro atoms. The molecule has 2 aromatic carbocycles. The fourth-order valence-corrected chi connectivity index (χ4v) is 2.19. The first-order valence-electron chi connectivity index (χ1n) is 5.60. The van der Waals surface area contributed by atoms with Gasteiger partial charge in [-0.15, -0.1) is 0 Å². The summed E-state index contributed by atoms with van der Waals surface area (Å²) < 4.78 is 13.8. The molecular weight excluding hydrogens is 311 g/mol. The van der Waals surface area contributed by atoms with Crippen molar-refractivity contribution < 1.29 is 9.18 Å². The molecule has 0 radical (unpaired) electrons. The molecule has 2 aromatic rings. The van der Waals surface area contributed by atoms with Crippen LogP contribution < -0.4 is 11.1 Å². The third-order valence-corrected chi connectivity index (χ3v) is 3.19. The minimum Gasteiger partial charge on any atom is -0.397 e. The van der Waals surface area contributed by atoms with E-state index in [0.717, 1.165) is 10.0 Å². The van der Waals surface area contributed by atoms with Crippen LogP contribution in [0.25, 0.3) is 0 Å². The zero-order valence-corrected chi connectivity index (χ0v) is 11.8. The van der Waals surface area contributed by atoms with Crippen LogP contribution in [0.4, 0.5) is 15.8 Å². The minimum atomic E-state index is -0.435. The van der Waals surface area contributed by atoms with Crippen LogP contribution in [0.3, 0.4) is 0 Å². The molecule has 0 aliphatic rings. The molecule has 0 aromatic heterocycles. The second-order valence-corrected chi connectivity index (χ2v) is 5.06. The third-order valence-electron chi connectivity index (χ3n) is 2.69. The zero-order chi connectivity index (χ0) is 14.0. The molecule has 19 heavy (non-hydrogen) atoms. The number of carbonyl (C=O) groups is 1. The Hall–Kier alpha value is -1.88. The van der Waals surface area contributed by atoms with Crippen molar-refractivity contribution in [2.45, 2.75) is 6.92 Å². The Morgan fingerprint density at radius 1 is 1.26 bits per heavy atom. The summed E-state index contributed by atoms with van der Waals surface area (Å²) in [5.74, 6) is -0.710. The van der Waals surface area contributed by atoms with Crippen LogP contribution in [0.1, 0.15) is 15.9 Å². The van der Waals surface area contributed by atoms with E-state index in [9.17, 15) is 9.18 Å². The van der Waals surface area contributed by atoms with E-state index in [1.54, 1.807) is 12.1 Å². The topological polar surface area (TPSA) is 55.1 Å². The average Bonchev–Trinajstić information content (AvgIpc) is 2.32. The predicted octanol–water partition coefficient (Wildman–Crippen LogP) is 3.73. The van der Waals surface area contributed by atoms with Crippen LogP contribution >= 0.6 is 15.9 Å². The lowest BCUT2D eigenvalue weighted by atomic mass is 10.1. The van der Waals surface area contributed by atoms with Crippen LogP contribution in [0.15, 0.2) is 40.9 Å². The Kier molecular flexibility index (Phi) is 3.85. The number of anilines is 2. The van der Waals surface area contributed by atoms with Crippen molar-refractivity contribution in [2.24, 2.45) is 0 Å². The quantitative estimate of drug-likeness (QED) is 0.828. The molecule has 0 saturated heterocycles. The smallest absolute Gasteiger partial charge is 0.255 e. The van der Waals surface area contributed by atoms with Crippen LogP contribution in [-0.2, 0) is 0 Å². The minimum absolute atomic E-state index is 0.197. The summed E-state index contributed by atoms with van der Waals surface area (Å²) in [5, 5.41) is 2.67. The highest BCUT2D eigenvalue weighted by molar-refractivity contribution is 9.10. The first kappa shape index (κ1) is 13.5. The van der Waals surface area contributed by atoms with Crippen LogP contribution in [0, 0.1) is 12.7 Å². The maximum absolute atomic E-state index is 12.9. The molecule has 3 N–H and O–H groups in total. The fourth-order valence-electron chi connectivity index (χ4n) is 1.72. The number of nitrogens with two attached hydrogens (primary N) is 1. The van der Waals surface area contributed by atoms with Gasteiger partial charge in [0, 0.05) is 10.0 Å². The number of aryl methyl sites for hydroxylation is 1. The third kappa shape index (κ3) is 3.12. The second-order valence-electron chi connectivity index (χ2n) is 4.14. The molecule has 2 rings (SSSR count). The van der Waals surface area contributed by atoms with Gasteiger partial charge in [0.2, 0.25) is 0 Å². The summed E-state index contributed by atoms with van der Waals surface area (Å²) >= 11 is 3.34. The van der Waals surface area contributed by atoms with Gasteiger partial charge in [-0.25, -0.2) is 4.39 Å². The Morgan fingerprint density at radius 2 is 2.00 bits per heavy atom. The van der Waals surface area contributed by atoms with E-state index in [-0.39, 0.29) is 11.6 Å². The first-order valence-corrected chi connectivity index (χ1v) is 6.39. The Bertz CT molecular complexity index is 643. The predicted molar refractivity (Wildman–Crippen MR) is 77.6 cm³/mol. The Morgan fingerprint density at radius 3 is 2.63 bits per heavy atom. The number of nitrogens with one attached hydrogen (secondary N) is 1. The molecule has 0 atom stereocenters. The normalized spacial score (nSPS) is 10.3. The van der Waals surface area contributed by atoms with Crippen molar-refractivity contribution in [2.75, 3.05) is 11.1 Å². The average molecular weight is 323 g/mol. The summed E-state index contributed by atoms with van der Waals surface area (Å²) in [6.07, 6.45) is 0. The number of rotatable bonds is 2. The lowest BCUT2D eigenvalue weighted by Gasteiger charge is -2.10. The van der Waals surface area contributed by atoms with Gasteiger partial charge in [-0.3, -0.25) is 4.79 Å². The van der Waals surface area contributed by atoms with Crippen LogP contribution in [-0.4, -0.2) is 5.91 Å². The van der Waals surface area contributed by atoms with Gasteiger partial charge in [0.25, 0.3) is 5.91 Å². The SMILES string of the molecule is Cc1cc(Br)ccc1C(=O)Nc1ccc(F)cc1N. The van der Waals surface area contributed by atoms with Gasteiger partial charge in [-0.1, -0.05) is 15.9 Å². The zero-order valence-electron chi connectivity index (χ0n) is 10.2. The van der Waals surface area contributed by atoms with Gasteiger partial charge in [0.15, 0.2) is 0 Å². The van der Waals surface area contributed by atoms with Gasteiger partial charge in [-0.2, -0.15) is 0 Å². The number of hydrogen-bond donors (Lipinski definition) is 2. The molecule has 0 fully saturated rings. The highest BCUT2D eigenvalue weighted by atomic mass is 79.9. The first-order chi connectivity index (χ1) is 8.97. The molecule has 5 heteroatoms. The largest absolute Gasteiger partial charge is 0.397 e. The van der Waals surface area contributed by atoms with Crippen LogP contribution in [0.5, 0.6) is 0 Å². The molecule has 0 aliphatic heterocycles. The number of halogens is 2. The lowest BCUT2D eigenvalue weighted by molar-refractivity contribution is 0.102. The highest BCUT2D eigenvalue weighted by Gasteiger charge is 2.11. The second kappa shape index (κ2) is 5.40. The maximum atomic E-state index is 12.9. The molecule has 0 aliphatic carbocycles. The van der Waals surface area contributed by atoms with Gasteiger partial charge in [-0.05, 0) is 48.9 Å². The highest BCUT2D eigenvalue weighted by Crippen LogP contribution is 2.21. The Labute approximate surface area is 118 Å². The fraction of sp³-hybridized carbons (Fsp3) is 0.0714. The van der Waals surface area contributed by atoms with E-state index < -0.39 is 5.82 Å². The van der Waals surface area contributed by atoms with Crippen molar-refractivity contribution >= 4 is 33.2 Å². The van der Waals surface area contributed by atoms with Gasteiger partial charge in [0.1, 0.15) is 5.82 Å². The molecule has 98 valence electrons. The van der Waals surface area contributed by atoms with E-state index in [4.69, 9.17) is 5.73 Å². The van der Waals surface area contributed by atoms with Crippen molar-refractivity contribution in [1.82, 2.24) is 0 Å². The van der Waals surface area contributed by atoms with E-state index in [2.05, 4.69) is 21.2 Å². The monoisotopic (exact) mass is 322 g/mol.